The molecule has 1 heterocycles. The van der Waals surface area contributed by atoms with E-state index in [0.717, 1.165) is 5.56 Å². The third kappa shape index (κ3) is 4.86. The van der Waals surface area contributed by atoms with Crippen LogP contribution in [0.25, 0.3) is 22.9 Å². The minimum Gasteiger partial charge on any atom is -0.497 e. The summed E-state index contributed by atoms with van der Waals surface area (Å²) in [6.07, 6.45) is 0. The van der Waals surface area contributed by atoms with Crippen LogP contribution < -0.4 is 19.5 Å². The van der Waals surface area contributed by atoms with Crippen molar-refractivity contribution in [3.8, 4) is 40.2 Å². The van der Waals surface area contributed by atoms with Crippen molar-refractivity contribution in [1.29, 1.82) is 0 Å². The number of hydrogen-bond acceptors (Lipinski definition) is 7. The van der Waals surface area contributed by atoms with Crippen LogP contribution in [0.5, 0.6) is 17.2 Å². The third-order valence-corrected chi connectivity index (χ3v) is 4.56. The van der Waals surface area contributed by atoms with Crippen molar-refractivity contribution in [2.75, 3.05) is 26.1 Å². The molecule has 0 radical (unpaired) electrons. The second-order valence-electron chi connectivity index (χ2n) is 6.71. The van der Waals surface area contributed by atoms with E-state index < -0.39 is 0 Å². The summed E-state index contributed by atoms with van der Waals surface area (Å²) < 4.78 is 22.0. The maximum atomic E-state index is 12.5. The van der Waals surface area contributed by atoms with Crippen LogP contribution in [-0.2, 0) is 4.79 Å². The van der Waals surface area contributed by atoms with Gasteiger partial charge in [-0.1, -0.05) is 30.3 Å². The highest BCUT2D eigenvalue weighted by molar-refractivity contribution is 5.92. The normalized spacial score (nSPS) is 10.4. The van der Waals surface area contributed by atoms with Gasteiger partial charge in [0.15, 0.2) is 6.61 Å². The van der Waals surface area contributed by atoms with Gasteiger partial charge < -0.3 is 23.9 Å². The molecule has 0 fully saturated rings. The van der Waals surface area contributed by atoms with E-state index in [0.29, 0.717) is 40.3 Å². The molecule has 0 saturated carbocycles. The molecule has 0 aliphatic heterocycles. The van der Waals surface area contributed by atoms with Gasteiger partial charge in [-0.05, 0) is 24.3 Å². The summed E-state index contributed by atoms with van der Waals surface area (Å²) in [4.78, 5) is 12.5. The number of para-hydroxylation sites is 1. The Kier molecular flexibility index (Phi) is 6.31. The molecule has 0 atom stereocenters. The Labute approximate surface area is 184 Å². The lowest BCUT2D eigenvalue weighted by Gasteiger charge is -2.11. The number of rotatable bonds is 8. The Morgan fingerprint density at radius 1 is 0.875 bits per heavy atom. The van der Waals surface area contributed by atoms with E-state index in [2.05, 4.69) is 15.5 Å². The van der Waals surface area contributed by atoms with Gasteiger partial charge in [0, 0.05) is 29.4 Å². The molecule has 32 heavy (non-hydrogen) atoms. The summed E-state index contributed by atoms with van der Waals surface area (Å²) in [7, 11) is 3.09. The second-order valence-corrected chi connectivity index (χ2v) is 6.71. The molecule has 162 valence electrons. The van der Waals surface area contributed by atoms with Crippen LogP contribution in [-0.4, -0.2) is 36.9 Å². The largest absolute Gasteiger partial charge is 0.497 e. The summed E-state index contributed by atoms with van der Waals surface area (Å²) in [5, 5.41) is 11.0. The second kappa shape index (κ2) is 9.65. The number of benzene rings is 3. The Hall–Kier alpha value is -4.33. The minimum absolute atomic E-state index is 0.212. The van der Waals surface area contributed by atoms with Gasteiger partial charge in [0.1, 0.15) is 17.2 Å². The Balaban J connectivity index is 1.46. The van der Waals surface area contributed by atoms with Gasteiger partial charge in [-0.25, -0.2) is 0 Å². The van der Waals surface area contributed by atoms with Crippen molar-refractivity contribution in [1.82, 2.24) is 10.2 Å². The predicted octanol–water partition coefficient (Wildman–Crippen LogP) is 4.44. The summed E-state index contributed by atoms with van der Waals surface area (Å²) in [5.74, 6) is 1.95. The molecule has 0 spiro atoms. The van der Waals surface area contributed by atoms with Gasteiger partial charge >= 0.3 is 0 Å². The van der Waals surface area contributed by atoms with Crippen LogP contribution in [0.4, 0.5) is 5.69 Å². The summed E-state index contributed by atoms with van der Waals surface area (Å²) >= 11 is 0. The van der Waals surface area contributed by atoms with Crippen LogP contribution in [0, 0.1) is 0 Å². The van der Waals surface area contributed by atoms with Crippen LogP contribution in [0.2, 0.25) is 0 Å². The molecule has 4 aromatic rings. The van der Waals surface area contributed by atoms with E-state index in [4.69, 9.17) is 18.6 Å². The first-order chi connectivity index (χ1) is 15.7. The lowest BCUT2D eigenvalue weighted by Crippen LogP contribution is -2.20. The van der Waals surface area contributed by atoms with Crippen molar-refractivity contribution in [2.24, 2.45) is 0 Å². The monoisotopic (exact) mass is 431 g/mol. The number of anilines is 1. The van der Waals surface area contributed by atoms with Gasteiger partial charge in [0.05, 0.1) is 19.8 Å². The molecule has 3 aromatic carbocycles. The van der Waals surface area contributed by atoms with Gasteiger partial charge in [-0.3, -0.25) is 4.79 Å². The van der Waals surface area contributed by atoms with Gasteiger partial charge in [-0.15, -0.1) is 10.2 Å². The fraction of sp³-hybridized carbons (Fsp3) is 0.125. The van der Waals surface area contributed by atoms with Crippen LogP contribution in [0.3, 0.4) is 0 Å². The number of nitrogens with zero attached hydrogens (tertiary/aromatic N) is 2. The number of carbonyl (C=O) groups is 1. The predicted molar refractivity (Wildman–Crippen MR) is 119 cm³/mol. The van der Waals surface area contributed by atoms with E-state index in [1.54, 1.807) is 50.6 Å². The number of aromatic nitrogens is 2. The fourth-order valence-electron chi connectivity index (χ4n) is 3.02. The molecule has 4 rings (SSSR count). The van der Waals surface area contributed by atoms with E-state index in [-0.39, 0.29) is 12.5 Å². The molecular formula is C24H21N3O5. The average molecular weight is 431 g/mol. The molecule has 0 aliphatic carbocycles. The topological polar surface area (TPSA) is 95.7 Å². The SMILES string of the molecule is COc1cc(NC(=O)COc2ccccc2-c2nnc(-c3ccccc3)o2)cc(OC)c1. The van der Waals surface area contributed by atoms with Crippen molar-refractivity contribution >= 4 is 11.6 Å². The van der Waals surface area contributed by atoms with Gasteiger partial charge in [0.2, 0.25) is 5.89 Å². The van der Waals surface area contributed by atoms with Crippen molar-refractivity contribution in [3.63, 3.8) is 0 Å². The Bertz CT molecular complexity index is 1190. The van der Waals surface area contributed by atoms with E-state index >= 15 is 0 Å². The maximum Gasteiger partial charge on any atom is 0.262 e. The molecule has 0 aliphatic rings. The zero-order valence-electron chi connectivity index (χ0n) is 17.6. The Morgan fingerprint density at radius 3 is 2.25 bits per heavy atom. The molecule has 0 bridgehead atoms. The van der Waals surface area contributed by atoms with Gasteiger partial charge in [0.25, 0.3) is 11.8 Å². The summed E-state index contributed by atoms with van der Waals surface area (Å²) in [5.41, 5.74) is 1.95. The number of methoxy groups -OCH3 is 2. The zero-order chi connectivity index (χ0) is 22.3. The zero-order valence-corrected chi connectivity index (χ0v) is 17.6. The van der Waals surface area contributed by atoms with Crippen molar-refractivity contribution in [2.45, 2.75) is 0 Å². The summed E-state index contributed by atoms with van der Waals surface area (Å²) in [6, 6.07) is 21.7. The van der Waals surface area contributed by atoms with Crippen molar-refractivity contribution in [3.05, 3.63) is 72.8 Å². The number of hydrogen-bond donors (Lipinski definition) is 1. The molecule has 1 N–H and O–H groups in total. The van der Waals surface area contributed by atoms with Crippen molar-refractivity contribution < 1.29 is 23.4 Å². The third-order valence-electron chi connectivity index (χ3n) is 4.56. The minimum atomic E-state index is -0.342. The highest BCUT2D eigenvalue weighted by atomic mass is 16.5. The smallest absolute Gasteiger partial charge is 0.262 e. The maximum absolute atomic E-state index is 12.5. The first-order valence-electron chi connectivity index (χ1n) is 9.80. The number of carbonyl (C=O) groups excluding carboxylic acids is 1. The first-order valence-corrected chi connectivity index (χ1v) is 9.80. The fourth-order valence-corrected chi connectivity index (χ4v) is 3.02. The number of amides is 1. The lowest BCUT2D eigenvalue weighted by molar-refractivity contribution is -0.118. The number of ether oxygens (including phenoxy) is 3. The molecular weight excluding hydrogens is 410 g/mol. The highest BCUT2D eigenvalue weighted by Crippen LogP contribution is 2.31. The van der Waals surface area contributed by atoms with Crippen LogP contribution in [0.15, 0.2) is 77.2 Å². The van der Waals surface area contributed by atoms with E-state index in [9.17, 15) is 4.79 Å². The molecule has 0 unspecified atom stereocenters. The molecule has 8 heteroatoms. The van der Waals surface area contributed by atoms with E-state index in [1.165, 1.54) is 0 Å². The highest BCUT2D eigenvalue weighted by Gasteiger charge is 2.15. The lowest BCUT2D eigenvalue weighted by atomic mass is 10.2. The van der Waals surface area contributed by atoms with Gasteiger partial charge in [-0.2, -0.15) is 0 Å². The molecule has 8 nitrogen and oxygen atoms in total. The summed E-state index contributed by atoms with van der Waals surface area (Å²) in [6.45, 7) is -0.212. The average Bonchev–Trinajstić information content (AvgIpc) is 3.33. The van der Waals surface area contributed by atoms with E-state index in [1.807, 2.05) is 36.4 Å². The first kappa shape index (κ1) is 20.9. The standard InChI is InChI=1S/C24H21N3O5/c1-29-18-12-17(13-19(14-18)30-2)25-22(28)15-31-21-11-7-6-10-20(21)24-27-26-23(32-24)16-8-4-3-5-9-16/h3-14H,15H2,1-2H3,(H,25,28). The van der Waals surface area contributed by atoms with Crippen LogP contribution >= 0.6 is 0 Å². The number of nitrogens with one attached hydrogen (secondary N) is 1. The quantitative estimate of drug-likeness (QED) is 0.441. The molecule has 1 aromatic heterocycles. The van der Waals surface area contributed by atoms with Crippen LogP contribution in [0.1, 0.15) is 0 Å². The Morgan fingerprint density at radius 2 is 1.53 bits per heavy atom. The molecule has 1 amide bonds. The molecule has 0 saturated heterocycles.